The van der Waals surface area contributed by atoms with E-state index in [1.165, 1.54) is 18.4 Å². The first-order valence-corrected chi connectivity index (χ1v) is 9.31. The molecule has 0 spiro atoms. The molecule has 1 aliphatic heterocycles. The molecule has 0 saturated carbocycles. The zero-order valence-electron chi connectivity index (χ0n) is 15.3. The van der Waals surface area contributed by atoms with Crippen molar-refractivity contribution in [1.29, 1.82) is 0 Å². The molecule has 0 bridgehead atoms. The lowest BCUT2D eigenvalue weighted by atomic mass is 9.99. The lowest BCUT2D eigenvalue weighted by Crippen LogP contribution is -2.37. The van der Waals surface area contributed by atoms with Crippen molar-refractivity contribution in [1.82, 2.24) is 4.90 Å². The van der Waals surface area contributed by atoms with Gasteiger partial charge in [-0.3, -0.25) is 14.5 Å². The lowest BCUT2D eigenvalue weighted by molar-refractivity contribution is 0.185. The summed E-state index contributed by atoms with van der Waals surface area (Å²) in [6, 6.07) is 8.23. The van der Waals surface area contributed by atoms with E-state index in [1.807, 2.05) is 12.1 Å². The van der Waals surface area contributed by atoms with Crippen molar-refractivity contribution < 1.29 is 4.74 Å². The fourth-order valence-electron chi connectivity index (χ4n) is 3.27. The van der Waals surface area contributed by atoms with Gasteiger partial charge in [0.2, 0.25) is 0 Å². The Balaban J connectivity index is 1.40. The highest BCUT2D eigenvalue weighted by molar-refractivity contribution is 5.71. The zero-order valence-corrected chi connectivity index (χ0v) is 15.3. The molecule has 0 amide bonds. The second kappa shape index (κ2) is 8.36. The Hall–Kier alpha value is -2.34. The van der Waals surface area contributed by atoms with E-state index in [4.69, 9.17) is 10.5 Å². The minimum absolute atomic E-state index is 0.0377. The number of anilines is 2. The molecule has 3 N–H and O–H groups in total. The van der Waals surface area contributed by atoms with Crippen LogP contribution in [-0.4, -0.2) is 31.1 Å². The SMILES string of the molecule is CC1CCN(Cc2cccc(OCCCNc3c(N)c(=O)c3=O)c2)CC1. The third-order valence-electron chi connectivity index (χ3n) is 5.02. The van der Waals surface area contributed by atoms with Gasteiger partial charge in [0, 0.05) is 13.1 Å². The molecule has 26 heavy (non-hydrogen) atoms. The summed E-state index contributed by atoms with van der Waals surface area (Å²) >= 11 is 0. The standard InChI is InChI=1S/C20H27N3O3/c1-14-6-9-23(10-7-14)13-15-4-2-5-16(12-15)26-11-3-8-22-18-17(21)19(24)20(18)25/h2,4-5,12,14,22H,3,6-11,13,21H2,1H3. The van der Waals surface area contributed by atoms with E-state index in [0.29, 0.717) is 19.6 Å². The van der Waals surface area contributed by atoms with Crippen LogP contribution in [0.3, 0.4) is 0 Å². The molecule has 2 aromatic rings. The predicted octanol–water partition coefficient (Wildman–Crippen LogP) is 1.98. The Kier molecular flexibility index (Phi) is 5.93. The number of nitrogen functional groups attached to an aromatic ring is 1. The number of ether oxygens (including phenoxy) is 1. The molecule has 6 heteroatoms. The van der Waals surface area contributed by atoms with Gasteiger partial charge in [0.15, 0.2) is 0 Å². The Morgan fingerprint density at radius 2 is 2.00 bits per heavy atom. The van der Waals surface area contributed by atoms with Gasteiger partial charge in [-0.05, 0) is 56.0 Å². The van der Waals surface area contributed by atoms with Gasteiger partial charge in [0.05, 0.1) is 6.61 Å². The fourth-order valence-corrected chi connectivity index (χ4v) is 3.27. The van der Waals surface area contributed by atoms with Crippen LogP contribution in [0.1, 0.15) is 31.7 Å². The summed E-state index contributed by atoms with van der Waals surface area (Å²) < 4.78 is 5.80. The number of piperidine rings is 1. The highest BCUT2D eigenvalue weighted by Gasteiger charge is 2.17. The molecule has 140 valence electrons. The summed E-state index contributed by atoms with van der Waals surface area (Å²) in [6.07, 6.45) is 3.27. The molecule has 1 saturated heterocycles. The van der Waals surface area contributed by atoms with Crippen molar-refractivity contribution in [3.8, 4) is 5.75 Å². The Bertz CT molecular complexity index is 803. The number of nitrogens with one attached hydrogen (secondary N) is 1. The van der Waals surface area contributed by atoms with Crippen LogP contribution in [0, 0.1) is 5.92 Å². The number of nitrogens with two attached hydrogens (primary N) is 1. The van der Waals surface area contributed by atoms with Crippen LogP contribution in [0.25, 0.3) is 0 Å². The number of benzene rings is 1. The van der Waals surface area contributed by atoms with Crippen LogP contribution < -0.4 is 26.6 Å². The number of rotatable bonds is 8. The van der Waals surface area contributed by atoms with Crippen LogP contribution in [0.5, 0.6) is 5.75 Å². The summed E-state index contributed by atoms with van der Waals surface area (Å²) in [4.78, 5) is 24.8. The van der Waals surface area contributed by atoms with Crippen LogP contribution >= 0.6 is 0 Å². The van der Waals surface area contributed by atoms with E-state index >= 15 is 0 Å². The summed E-state index contributed by atoms with van der Waals surface area (Å²) in [5.74, 6) is 1.70. The lowest BCUT2D eigenvalue weighted by Gasteiger charge is -2.30. The maximum atomic E-state index is 11.3. The van der Waals surface area contributed by atoms with Gasteiger partial charge in [-0.15, -0.1) is 0 Å². The summed E-state index contributed by atoms with van der Waals surface area (Å²) in [5.41, 5.74) is 5.91. The summed E-state index contributed by atoms with van der Waals surface area (Å²) in [7, 11) is 0. The van der Waals surface area contributed by atoms with Gasteiger partial charge < -0.3 is 15.8 Å². The van der Waals surface area contributed by atoms with Crippen molar-refractivity contribution in [3.63, 3.8) is 0 Å². The smallest absolute Gasteiger partial charge is 0.253 e. The minimum atomic E-state index is -0.594. The van der Waals surface area contributed by atoms with Crippen molar-refractivity contribution in [3.05, 3.63) is 50.3 Å². The summed E-state index contributed by atoms with van der Waals surface area (Å²) in [6.45, 7) is 6.70. The molecule has 0 aromatic heterocycles. The molecule has 0 unspecified atom stereocenters. The first-order chi connectivity index (χ1) is 12.5. The number of hydrogen-bond donors (Lipinski definition) is 2. The maximum absolute atomic E-state index is 11.3. The largest absolute Gasteiger partial charge is 0.494 e. The Morgan fingerprint density at radius 1 is 1.23 bits per heavy atom. The van der Waals surface area contributed by atoms with Crippen molar-refractivity contribution in [2.75, 3.05) is 37.3 Å². The predicted molar refractivity (Wildman–Crippen MR) is 104 cm³/mol. The molecule has 0 radical (unpaired) electrons. The maximum Gasteiger partial charge on any atom is 0.253 e. The van der Waals surface area contributed by atoms with E-state index in [-0.39, 0.29) is 11.4 Å². The molecule has 0 aliphatic carbocycles. The van der Waals surface area contributed by atoms with Gasteiger partial charge in [0.25, 0.3) is 10.9 Å². The third-order valence-corrected chi connectivity index (χ3v) is 5.02. The molecule has 3 rings (SSSR count). The zero-order chi connectivity index (χ0) is 18.5. The first kappa shape index (κ1) is 18.5. The van der Waals surface area contributed by atoms with Crippen LogP contribution in [0.15, 0.2) is 33.9 Å². The Labute approximate surface area is 153 Å². The van der Waals surface area contributed by atoms with E-state index < -0.39 is 10.9 Å². The van der Waals surface area contributed by atoms with Crippen molar-refractivity contribution in [2.24, 2.45) is 5.92 Å². The second-order valence-electron chi connectivity index (χ2n) is 7.18. The van der Waals surface area contributed by atoms with Crippen LogP contribution in [0.4, 0.5) is 11.4 Å². The highest BCUT2D eigenvalue weighted by atomic mass is 16.5. The molecule has 6 nitrogen and oxygen atoms in total. The van der Waals surface area contributed by atoms with E-state index in [0.717, 1.165) is 31.3 Å². The normalized spacial score (nSPS) is 16.0. The van der Waals surface area contributed by atoms with Gasteiger partial charge in [-0.2, -0.15) is 0 Å². The third kappa shape index (κ3) is 4.43. The summed E-state index contributed by atoms with van der Waals surface area (Å²) in [5, 5.41) is 2.90. The van der Waals surface area contributed by atoms with Gasteiger partial charge >= 0.3 is 0 Å². The molecule has 1 fully saturated rings. The molecule has 0 atom stereocenters. The highest BCUT2D eigenvalue weighted by Crippen LogP contribution is 2.20. The number of likely N-dealkylation sites (tertiary alicyclic amines) is 1. The van der Waals surface area contributed by atoms with Crippen molar-refractivity contribution >= 4 is 11.4 Å². The van der Waals surface area contributed by atoms with Crippen LogP contribution in [0.2, 0.25) is 0 Å². The quantitative estimate of drug-likeness (QED) is 0.555. The molecular weight excluding hydrogens is 330 g/mol. The second-order valence-corrected chi connectivity index (χ2v) is 7.18. The van der Waals surface area contributed by atoms with E-state index in [2.05, 4.69) is 29.3 Å². The monoisotopic (exact) mass is 357 g/mol. The average Bonchev–Trinajstić information content (AvgIpc) is 2.66. The molecule has 1 aliphatic rings. The van der Waals surface area contributed by atoms with E-state index in [1.54, 1.807) is 0 Å². The van der Waals surface area contributed by atoms with Gasteiger partial charge in [0.1, 0.15) is 17.1 Å². The number of hydrogen-bond acceptors (Lipinski definition) is 6. The molecule has 2 aromatic carbocycles. The van der Waals surface area contributed by atoms with Gasteiger partial charge in [-0.25, -0.2) is 0 Å². The minimum Gasteiger partial charge on any atom is -0.494 e. The topological polar surface area (TPSA) is 84.7 Å². The van der Waals surface area contributed by atoms with E-state index in [9.17, 15) is 9.59 Å². The fraction of sp³-hybridized carbons (Fsp3) is 0.500. The Morgan fingerprint density at radius 3 is 2.73 bits per heavy atom. The molecular formula is C20H27N3O3. The van der Waals surface area contributed by atoms with Gasteiger partial charge in [-0.1, -0.05) is 19.1 Å². The van der Waals surface area contributed by atoms with Crippen molar-refractivity contribution in [2.45, 2.75) is 32.7 Å². The first-order valence-electron chi connectivity index (χ1n) is 9.31. The average molecular weight is 357 g/mol. The molecule has 1 heterocycles. The number of nitrogens with zero attached hydrogens (tertiary/aromatic N) is 1. The van der Waals surface area contributed by atoms with Crippen LogP contribution in [-0.2, 0) is 6.54 Å².